The molecular formula is C22H26N4O4S. The smallest absolute Gasteiger partial charge is 0.238 e. The topological polar surface area (TPSA) is 128 Å². The minimum atomic E-state index is -3.87. The van der Waals surface area contributed by atoms with Crippen molar-refractivity contribution < 1.29 is 17.7 Å². The van der Waals surface area contributed by atoms with E-state index < -0.39 is 10.0 Å². The average molecular weight is 443 g/mol. The summed E-state index contributed by atoms with van der Waals surface area (Å²) < 4.78 is 28.6. The van der Waals surface area contributed by atoms with Gasteiger partial charge in [0.1, 0.15) is 0 Å². The second-order valence-electron chi connectivity index (χ2n) is 7.79. The molecule has 3 aromatic rings. The third-order valence-corrected chi connectivity index (χ3v) is 6.01. The number of aryl methyl sites for hydroxylation is 2. The van der Waals surface area contributed by atoms with Crippen LogP contribution in [0.1, 0.15) is 48.8 Å². The molecule has 9 heteroatoms. The third kappa shape index (κ3) is 5.56. The van der Waals surface area contributed by atoms with Crippen LogP contribution >= 0.6 is 0 Å². The van der Waals surface area contributed by atoms with E-state index in [1.807, 2.05) is 24.3 Å². The maximum atomic E-state index is 12.4. The van der Waals surface area contributed by atoms with E-state index in [-0.39, 0.29) is 23.6 Å². The fourth-order valence-electron chi connectivity index (χ4n) is 3.04. The minimum absolute atomic E-state index is 0.0454. The van der Waals surface area contributed by atoms with Crippen LogP contribution in [0.15, 0.2) is 45.8 Å². The van der Waals surface area contributed by atoms with Crippen LogP contribution in [0.5, 0.6) is 0 Å². The average Bonchev–Trinajstić information content (AvgIpc) is 3.18. The molecule has 0 aliphatic rings. The van der Waals surface area contributed by atoms with Crippen LogP contribution < -0.4 is 10.5 Å². The second kappa shape index (κ2) is 8.99. The molecule has 0 aliphatic heterocycles. The van der Waals surface area contributed by atoms with Crippen molar-refractivity contribution in [2.45, 2.75) is 51.3 Å². The molecule has 0 aliphatic carbocycles. The van der Waals surface area contributed by atoms with Crippen LogP contribution in [0.3, 0.4) is 0 Å². The Morgan fingerprint density at radius 3 is 2.45 bits per heavy atom. The van der Waals surface area contributed by atoms with Gasteiger partial charge in [0.05, 0.1) is 4.90 Å². The molecule has 0 fully saturated rings. The number of carbonyl (C=O) groups is 1. The van der Waals surface area contributed by atoms with Crippen molar-refractivity contribution in [2.24, 2.45) is 5.14 Å². The number of carbonyl (C=O) groups excluding carboxylic acids is 1. The maximum absolute atomic E-state index is 12.4. The SMILES string of the molecule is Cc1cc(S(N)(=O)=O)cc(NC(=O)CCc2nc(-c3ccc(C(C)C)cc3)no2)c1C. The van der Waals surface area contributed by atoms with Crippen LogP contribution in [0.2, 0.25) is 0 Å². The predicted molar refractivity (Wildman–Crippen MR) is 118 cm³/mol. The van der Waals surface area contributed by atoms with Crippen molar-refractivity contribution in [3.63, 3.8) is 0 Å². The van der Waals surface area contributed by atoms with Gasteiger partial charge in [0.2, 0.25) is 27.6 Å². The molecule has 2 aromatic carbocycles. The number of anilines is 1. The standard InChI is InChI=1S/C22H26N4O4S/c1-13(2)16-5-7-17(8-6-16)22-25-21(30-26-22)10-9-20(27)24-19-12-18(31(23,28)29)11-14(3)15(19)4/h5-8,11-13H,9-10H2,1-4H3,(H,24,27)(H2,23,28,29). The first-order valence-electron chi connectivity index (χ1n) is 9.91. The lowest BCUT2D eigenvalue weighted by Gasteiger charge is -2.12. The van der Waals surface area contributed by atoms with Gasteiger partial charge in [-0.05, 0) is 48.6 Å². The van der Waals surface area contributed by atoms with Crippen LogP contribution in [0, 0.1) is 13.8 Å². The largest absolute Gasteiger partial charge is 0.339 e. The van der Waals surface area contributed by atoms with Crippen molar-refractivity contribution in [3.8, 4) is 11.4 Å². The van der Waals surface area contributed by atoms with Crippen LogP contribution in [0.25, 0.3) is 11.4 Å². The number of aromatic nitrogens is 2. The quantitative estimate of drug-likeness (QED) is 0.574. The summed E-state index contributed by atoms with van der Waals surface area (Å²) in [6, 6.07) is 10.8. The second-order valence-corrected chi connectivity index (χ2v) is 9.36. The molecular weight excluding hydrogens is 416 g/mol. The van der Waals surface area contributed by atoms with E-state index in [2.05, 4.69) is 29.3 Å². The molecule has 0 saturated heterocycles. The molecule has 8 nitrogen and oxygen atoms in total. The summed E-state index contributed by atoms with van der Waals surface area (Å²) in [6.45, 7) is 7.81. The Morgan fingerprint density at radius 1 is 1.16 bits per heavy atom. The van der Waals surface area contributed by atoms with Crippen LogP contribution in [-0.4, -0.2) is 24.5 Å². The molecule has 3 N–H and O–H groups in total. The summed E-state index contributed by atoms with van der Waals surface area (Å²) >= 11 is 0. The molecule has 0 bridgehead atoms. The van der Waals surface area contributed by atoms with Crippen LogP contribution in [0.4, 0.5) is 5.69 Å². The zero-order valence-electron chi connectivity index (χ0n) is 18.0. The number of hydrogen-bond donors (Lipinski definition) is 2. The lowest BCUT2D eigenvalue weighted by atomic mass is 10.0. The van der Waals surface area contributed by atoms with Gasteiger partial charge in [-0.2, -0.15) is 4.98 Å². The summed E-state index contributed by atoms with van der Waals surface area (Å²) in [7, 11) is -3.87. The Bertz CT molecular complexity index is 1200. The highest BCUT2D eigenvalue weighted by molar-refractivity contribution is 7.89. The molecule has 0 unspecified atom stereocenters. The van der Waals surface area contributed by atoms with E-state index >= 15 is 0 Å². The van der Waals surface area contributed by atoms with E-state index in [1.165, 1.54) is 17.7 Å². The number of hydrogen-bond acceptors (Lipinski definition) is 6. The van der Waals surface area contributed by atoms with E-state index in [4.69, 9.17) is 9.66 Å². The molecule has 164 valence electrons. The lowest BCUT2D eigenvalue weighted by molar-refractivity contribution is -0.116. The number of nitrogens with two attached hydrogens (primary N) is 1. The highest BCUT2D eigenvalue weighted by Crippen LogP contribution is 2.24. The van der Waals surface area contributed by atoms with Gasteiger partial charge >= 0.3 is 0 Å². The first-order valence-corrected chi connectivity index (χ1v) is 11.5. The Hall–Kier alpha value is -3.04. The van der Waals surface area contributed by atoms with Crippen molar-refractivity contribution in [1.29, 1.82) is 0 Å². The predicted octanol–water partition coefficient (Wildman–Crippen LogP) is 3.70. The van der Waals surface area contributed by atoms with Gasteiger partial charge in [0.15, 0.2) is 0 Å². The van der Waals surface area contributed by atoms with Crippen molar-refractivity contribution in [1.82, 2.24) is 10.1 Å². The van der Waals surface area contributed by atoms with Gasteiger partial charge in [-0.25, -0.2) is 13.6 Å². The highest BCUT2D eigenvalue weighted by atomic mass is 32.2. The summed E-state index contributed by atoms with van der Waals surface area (Å²) in [5, 5.41) is 11.9. The number of sulfonamides is 1. The van der Waals surface area contributed by atoms with Gasteiger partial charge in [-0.3, -0.25) is 4.79 Å². The maximum Gasteiger partial charge on any atom is 0.238 e. The first-order chi connectivity index (χ1) is 14.5. The van der Waals surface area contributed by atoms with Crippen molar-refractivity contribution in [2.75, 3.05) is 5.32 Å². The molecule has 1 heterocycles. The van der Waals surface area contributed by atoms with Crippen molar-refractivity contribution in [3.05, 3.63) is 59.0 Å². The lowest BCUT2D eigenvalue weighted by Crippen LogP contribution is -2.16. The van der Waals surface area contributed by atoms with Crippen molar-refractivity contribution >= 4 is 21.6 Å². The van der Waals surface area contributed by atoms with Gasteiger partial charge in [0, 0.05) is 24.1 Å². The van der Waals surface area contributed by atoms with E-state index in [0.717, 1.165) is 11.1 Å². The molecule has 1 amide bonds. The fourth-order valence-corrected chi connectivity index (χ4v) is 3.67. The van der Waals surface area contributed by atoms with Gasteiger partial charge in [-0.15, -0.1) is 0 Å². The van der Waals surface area contributed by atoms with E-state index in [0.29, 0.717) is 28.9 Å². The summed E-state index contributed by atoms with van der Waals surface area (Å²) in [5.41, 5.74) is 3.96. The van der Waals surface area contributed by atoms with E-state index in [9.17, 15) is 13.2 Å². The summed E-state index contributed by atoms with van der Waals surface area (Å²) in [6.07, 6.45) is 0.363. The fraction of sp³-hybridized carbons (Fsp3) is 0.318. The summed E-state index contributed by atoms with van der Waals surface area (Å²) in [4.78, 5) is 16.7. The summed E-state index contributed by atoms with van der Waals surface area (Å²) in [5.74, 6) is 0.962. The third-order valence-electron chi connectivity index (χ3n) is 5.11. The van der Waals surface area contributed by atoms with Gasteiger partial charge < -0.3 is 9.84 Å². The monoisotopic (exact) mass is 442 g/mol. The molecule has 0 spiro atoms. The number of primary sulfonamides is 1. The van der Waals surface area contributed by atoms with Crippen LogP contribution in [-0.2, 0) is 21.2 Å². The number of amides is 1. The number of nitrogens with one attached hydrogen (secondary N) is 1. The Kier molecular flexibility index (Phi) is 6.56. The number of nitrogens with zero attached hydrogens (tertiary/aromatic N) is 2. The Balaban J connectivity index is 1.65. The Morgan fingerprint density at radius 2 is 1.84 bits per heavy atom. The molecule has 1 aromatic heterocycles. The van der Waals surface area contributed by atoms with Gasteiger partial charge in [-0.1, -0.05) is 43.3 Å². The molecule has 0 atom stereocenters. The minimum Gasteiger partial charge on any atom is -0.339 e. The van der Waals surface area contributed by atoms with Gasteiger partial charge in [0.25, 0.3) is 0 Å². The molecule has 0 saturated carbocycles. The molecule has 3 rings (SSSR count). The van der Waals surface area contributed by atoms with E-state index in [1.54, 1.807) is 13.8 Å². The highest BCUT2D eigenvalue weighted by Gasteiger charge is 2.15. The number of benzene rings is 2. The zero-order chi connectivity index (χ0) is 22.8. The Labute approximate surface area is 181 Å². The normalized spacial score (nSPS) is 11.7. The first kappa shape index (κ1) is 22.6. The number of rotatable bonds is 7. The zero-order valence-corrected chi connectivity index (χ0v) is 18.8. The molecule has 31 heavy (non-hydrogen) atoms. The molecule has 0 radical (unpaired) electrons.